The van der Waals surface area contributed by atoms with Gasteiger partial charge in [0.15, 0.2) is 0 Å². The van der Waals surface area contributed by atoms with Crippen LogP contribution in [0.2, 0.25) is 0 Å². The summed E-state index contributed by atoms with van der Waals surface area (Å²) in [4.78, 5) is 25.9. The van der Waals surface area contributed by atoms with Gasteiger partial charge < -0.3 is 9.64 Å². The van der Waals surface area contributed by atoms with E-state index in [1.54, 1.807) is 0 Å². The number of likely N-dealkylation sites (tertiary alicyclic amines) is 1. The van der Waals surface area contributed by atoms with Crippen LogP contribution >= 0.6 is 0 Å². The van der Waals surface area contributed by atoms with Crippen LogP contribution in [0.1, 0.15) is 73.6 Å². The Balaban J connectivity index is 1.38. The third-order valence-electron chi connectivity index (χ3n) is 6.73. The minimum Gasteiger partial charge on any atom is -0.469 e. The molecule has 172 valence electrons. The number of methoxy groups -OCH3 is 1. The highest BCUT2D eigenvalue weighted by Gasteiger charge is 2.24. The molecule has 0 aromatic heterocycles. The van der Waals surface area contributed by atoms with E-state index in [1.807, 2.05) is 4.90 Å². The second kappa shape index (κ2) is 11.1. The minimum absolute atomic E-state index is 0.154. The number of hydrogen-bond donors (Lipinski definition) is 0. The Morgan fingerprint density at radius 3 is 1.91 bits per heavy atom. The molecule has 0 saturated carbocycles. The Kier molecular flexibility index (Phi) is 7.77. The third kappa shape index (κ3) is 5.62. The maximum Gasteiger partial charge on any atom is 0.305 e. The molecule has 1 amide bonds. The van der Waals surface area contributed by atoms with E-state index in [1.165, 1.54) is 40.5 Å². The number of carbonyl (C=O) groups excluding carboxylic acids is 2. The van der Waals surface area contributed by atoms with Crippen molar-refractivity contribution in [3.8, 4) is 0 Å². The van der Waals surface area contributed by atoms with E-state index in [0.717, 1.165) is 51.6 Å². The average molecular weight is 444 g/mol. The molecule has 0 atom stereocenters. The van der Waals surface area contributed by atoms with Gasteiger partial charge in [-0.05, 0) is 53.5 Å². The molecule has 2 aromatic carbocycles. The SMILES string of the molecule is COC(=O)CCCCCCC(=O)N1CCC(=C2c3ccccc3C=Cc3ccccc32)CC1. The zero-order valence-corrected chi connectivity index (χ0v) is 19.5. The second-order valence-electron chi connectivity index (χ2n) is 8.86. The van der Waals surface area contributed by atoms with Crippen LogP contribution in [-0.4, -0.2) is 37.0 Å². The Bertz CT molecular complexity index is 1000. The highest BCUT2D eigenvalue weighted by Crippen LogP contribution is 2.38. The number of unbranched alkanes of at least 4 members (excludes halogenated alkanes) is 3. The van der Waals surface area contributed by atoms with Gasteiger partial charge in [0.25, 0.3) is 0 Å². The van der Waals surface area contributed by atoms with E-state index in [-0.39, 0.29) is 11.9 Å². The molecule has 4 heteroatoms. The molecule has 2 aliphatic rings. The number of esters is 1. The number of nitrogens with zero attached hydrogens (tertiary/aromatic N) is 1. The summed E-state index contributed by atoms with van der Waals surface area (Å²) in [6, 6.07) is 17.2. The summed E-state index contributed by atoms with van der Waals surface area (Å²) in [5.41, 5.74) is 7.89. The lowest BCUT2D eigenvalue weighted by Crippen LogP contribution is -2.36. The molecule has 1 saturated heterocycles. The van der Waals surface area contributed by atoms with E-state index < -0.39 is 0 Å². The smallest absolute Gasteiger partial charge is 0.305 e. The van der Waals surface area contributed by atoms with Gasteiger partial charge >= 0.3 is 5.97 Å². The summed E-state index contributed by atoms with van der Waals surface area (Å²) in [6.07, 6.45) is 11.0. The maximum absolute atomic E-state index is 12.7. The number of ether oxygens (including phenoxy) is 1. The molecule has 33 heavy (non-hydrogen) atoms. The fourth-order valence-corrected chi connectivity index (χ4v) is 4.88. The number of rotatable bonds is 7. The van der Waals surface area contributed by atoms with Crippen LogP contribution in [0.3, 0.4) is 0 Å². The van der Waals surface area contributed by atoms with E-state index in [4.69, 9.17) is 0 Å². The van der Waals surface area contributed by atoms with E-state index in [2.05, 4.69) is 65.4 Å². The summed E-state index contributed by atoms with van der Waals surface area (Å²) >= 11 is 0. The van der Waals surface area contributed by atoms with E-state index in [9.17, 15) is 9.59 Å². The number of hydrogen-bond acceptors (Lipinski definition) is 3. The molecular weight excluding hydrogens is 410 g/mol. The summed E-state index contributed by atoms with van der Waals surface area (Å²) in [5.74, 6) is 0.106. The van der Waals surface area contributed by atoms with Crippen molar-refractivity contribution >= 4 is 29.6 Å². The van der Waals surface area contributed by atoms with Gasteiger partial charge in [-0.3, -0.25) is 9.59 Å². The molecule has 0 N–H and O–H groups in total. The molecular formula is C29H33NO3. The fourth-order valence-electron chi connectivity index (χ4n) is 4.88. The van der Waals surface area contributed by atoms with Crippen molar-refractivity contribution in [3.05, 3.63) is 76.4 Å². The van der Waals surface area contributed by atoms with Gasteiger partial charge in [0.2, 0.25) is 5.91 Å². The highest BCUT2D eigenvalue weighted by molar-refractivity contribution is 5.95. The number of carbonyl (C=O) groups is 2. The van der Waals surface area contributed by atoms with Gasteiger partial charge in [-0.15, -0.1) is 0 Å². The minimum atomic E-state index is -0.154. The van der Waals surface area contributed by atoms with Crippen molar-refractivity contribution in [1.82, 2.24) is 4.90 Å². The van der Waals surface area contributed by atoms with Crippen molar-refractivity contribution in [3.63, 3.8) is 0 Å². The van der Waals surface area contributed by atoms with Crippen molar-refractivity contribution in [1.29, 1.82) is 0 Å². The van der Waals surface area contributed by atoms with Gasteiger partial charge in [-0.1, -0.05) is 79.1 Å². The molecule has 1 heterocycles. The molecule has 4 nitrogen and oxygen atoms in total. The summed E-state index contributed by atoms with van der Waals surface area (Å²) < 4.78 is 4.67. The molecule has 0 bridgehead atoms. The molecule has 1 aliphatic heterocycles. The lowest BCUT2D eigenvalue weighted by Gasteiger charge is -2.31. The summed E-state index contributed by atoms with van der Waals surface area (Å²) in [6.45, 7) is 1.58. The zero-order chi connectivity index (χ0) is 23.0. The van der Waals surface area contributed by atoms with Gasteiger partial charge in [-0.25, -0.2) is 0 Å². The monoisotopic (exact) mass is 443 g/mol. The zero-order valence-electron chi connectivity index (χ0n) is 19.5. The topological polar surface area (TPSA) is 46.6 Å². The average Bonchev–Trinajstić information content (AvgIpc) is 3.03. The molecule has 0 spiro atoms. The number of benzene rings is 2. The fraction of sp³-hybridized carbons (Fsp3) is 0.379. The third-order valence-corrected chi connectivity index (χ3v) is 6.73. The van der Waals surface area contributed by atoms with Gasteiger partial charge in [0, 0.05) is 25.9 Å². The molecule has 1 aliphatic carbocycles. The van der Waals surface area contributed by atoms with Crippen LogP contribution in [0.4, 0.5) is 0 Å². The van der Waals surface area contributed by atoms with Crippen LogP contribution in [0.5, 0.6) is 0 Å². The predicted octanol–water partition coefficient (Wildman–Crippen LogP) is 6.11. The first kappa shape index (κ1) is 23.0. The normalized spacial score (nSPS) is 15.0. The van der Waals surface area contributed by atoms with Crippen LogP contribution in [0.25, 0.3) is 17.7 Å². The first-order valence-electron chi connectivity index (χ1n) is 12.1. The lowest BCUT2D eigenvalue weighted by atomic mass is 9.86. The standard InChI is InChI=1S/C29H33NO3/c1-33-28(32)15-5-3-2-4-14-27(31)30-20-18-24(19-21-30)29-25-12-8-6-10-22(25)16-17-23-11-7-9-13-26(23)29/h6-13,16-17H,2-5,14-15,18-21H2,1H3. The number of piperidine rings is 1. The molecule has 1 fully saturated rings. The second-order valence-corrected chi connectivity index (χ2v) is 8.86. The van der Waals surface area contributed by atoms with Crippen LogP contribution in [0, 0.1) is 0 Å². The van der Waals surface area contributed by atoms with Crippen molar-refractivity contribution in [2.45, 2.75) is 51.4 Å². The highest BCUT2D eigenvalue weighted by atomic mass is 16.5. The number of fused-ring (bicyclic) bond motifs is 2. The van der Waals surface area contributed by atoms with Gasteiger partial charge in [0.1, 0.15) is 0 Å². The Morgan fingerprint density at radius 2 is 1.33 bits per heavy atom. The number of amides is 1. The Hall–Kier alpha value is -3.14. The van der Waals surface area contributed by atoms with E-state index in [0.29, 0.717) is 12.8 Å². The first-order chi connectivity index (χ1) is 16.2. The van der Waals surface area contributed by atoms with Crippen molar-refractivity contribution in [2.75, 3.05) is 20.2 Å². The van der Waals surface area contributed by atoms with E-state index >= 15 is 0 Å². The van der Waals surface area contributed by atoms with Crippen molar-refractivity contribution < 1.29 is 14.3 Å². The Labute approximate surface area is 196 Å². The Morgan fingerprint density at radius 1 is 0.788 bits per heavy atom. The molecule has 0 radical (unpaired) electrons. The first-order valence-corrected chi connectivity index (χ1v) is 12.1. The molecule has 4 rings (SSSR count). The molecule has 2 aromatic rings. The van der Waals surface area contributed by atoms with Crippen molar-refractivity contribution in [2.24, 2.45) is 0 Å². The quantitative estimate of drug-likeness (QED) is 0.327. The van der Waals surface area contributed by atoms with Crippen LogP contribution < -0.4 is 0 Å². The maximum atomic E-state index is 12.7. The molecule has 0 unspecified atom stereocenters. The van der Waals surface area contributed by atoms with Crippen LogP contribution in [-0.2, 0) is 14.3 Å². The summed E-state index contributed by atoms with van der Waals surface area (Å²) in [7, 11) is 1.42. The van der Waals surface area contributed by atoms with Gasteiger partial charge in [-0.2, -0.15) is 0 Å². The lowest BCUT2D eigenvalue weighted by molar-refractivity contribution is -0.140. The largest absolute Gasteiger partial charge is 0.469 e. The summed E-state index contributed by atoms with van der Waals surface area (Å²) in [5, 5.41) is 0. The predicted molar refractivity (Wildman–Crippen MR) is 133 cm³/mol. The van der Waals surface area contributed by atoms with Crippen LogP contribution in [0.15, 0.2) is 54.1 Å². The van der Waals surface area contributed by atoms with Gasteiger partial charge in [0.05, 0.1) is 7.11 Å².